The molecule has 1 unspecified atom stereocenters. The van der Waals surface area contributed by atoms with Crippen LogP contribution in [0, 0.1) is 28.6 Å². The van der Waals surface area contributed by atoms with Gasteiger partial charge in [0, 0.05) is 42.6 Å². The van der Waals surface area contributed by atoms with Crippen molar-refractivity contribution in [1.82, 2.24) is 16.0 Å². The number of aliphatic hydroxyl groups excluding tert-OH is 1. The van der Waals surface area contributed by atoms with Gasteiger partial charge in [-0.25, -0.2) is 0 Å². The Kier molecular flexibility index (Phi) is 19.9. The van der Waals surface area contributed by atoms with Gasteiger partial charge in [0.1, 0.15) is 19.4 Å². The van der Waals surface area contributed by atoms with Gasteiger partial charge in [-0.2, -0.15) is 0 Å². The Bertz CT molecular complexity index is 1750. The van der Waals surface area contributed by atoms with Crippen LogP contribution in [0.4, 0.5) is 0 Å². The van der Waals surface area contributed by atoms with Crippen molar-refractivity contribution in [3.8, 4) is 0 Å². The molecule has 4 aliphatic carbocycles. The van der Waals surface area contributed by atoms with E-state index in [1.807, 2.05) is 20.8 Å². The predicted molar refractivity (Wildman–Crippen MR) is 229 cm³/mol. The first-order valence-corrected chi connectivity index (χ1v) is 22.5. The van der Waals surface area contributed by atoms with Crippen molar-refractivity contribution >= 4 is 52.8 Å². The molecule has 19 nitrogen and oxygen atoms in total. The normalized spacial score (nSPS) is 29.7. The van der Waals surface area contributed by atoms with Crippen molar-refractivity contribution in [2.24, 2.45) is 34.3 Å². The summed E-state index contributed by atoms with van der Waals surface area (Å²) in [5.41, 5.74) is 2.64. The number of amides is 3. The Morgan fingerprint density at radius 3 is 2.17 bits per heavy atom. The third-order valence-electron chi connectivity index (χ3n) is 13.3. The summed E-state index contributed by atoms with van der Waals surface area (Å²) in [6.07, 6.45) is 4.58. The largest absolute Gasteiger partial charge is 0.481 e. The number of hydrogen-bond acceptors (Lipinski definition) is 15. The van der Waals surface area contributed by atoms with E-state index in [0.717, 1.165) is 5.57 Å². The lowest BCUT2D eigenvalue weighted by Gasteiger charge is -2.64. The van der Waals surface area contributed by atoms with Gasteiger partial charge in [-0.1, -0.05) is 39.3 Å². The number of fused-ring (bicyclic) bond motifs is 5. The highest BCUT2D eigenvalue weighted by molar-refractivity contribution is 6.26. The SMILES string of the molecule is CCC(=O)O[C@]1(C(=O)COCNC(=O)CNC(=O)[C@H](CCC(=O)O)NC(=O)CCOCCOCCOCCOCCN)[C@@H](C)CC2[C@@H]3CCC4=CC(=O)C=C[C@]4(C)[C@@]3(Cl)[C@@H](O)C[C@@]21C. The molecule has 0 radical (unpaired) electrons. The van der Waals surface area contributed by atoms with E-state index in [0.29, 0.717) is 58.8 Å². The number of nitrogens with two attached hydrogens (primary N) is 1. The number of carboxylic acid groups (broad SMARTS) is 1. The number of aliphatic carboxylic acids is 1. The second-order valence-corrected chi connectivity index (χ2v) is 17.9. The molecule has 0 aromatic carbocycles. The zero-order valence-electron chi connectivity index (χ0n) is 37.4. The number of ketones is 2. The molecule has 7 N–H and O–H groups in total. The second kappa shape index (κ2) is 24.1. The molecule has 20 heteroatoms. The number of rotatable bonds is 28. The first-order chi connectivity index (χ1) is 30.4. The number of carbonyl (C=O) groups excluding carboxylic acids is 6. The minimum Gasteiger partial charge on any atom is -0.481 e. The minimum atomic E-state index is -1.69. The van der Waals surface area contributed by atoms with Gasteiger partial charge in [0.15, 0.2) is 11.4 Å². The van der Waals surface area contributed by atoms with E-state index in [4.69, 9.17) is 45.8 Å². The third-order valence-corrected chi connectivity index (χ3v) is 14.3. The van der Waals surface area contributed by atoms with E-state index in [1.165, 1.54) is 6.08 Å². The average Bonchev–Trinajstić information content (AvgIpc) is 3.47. The van der Waals surface area contributed by atoms with Gasteiger partial charge in [-0.15, -0.1) is 11.6 Å². The van der Waals surface area contributed by atoms with Gasteiger partial charge in [0.25, 0.3) is 0 Å². The molecular weight excluding hydrogens is 860 g/mol. The smallest absolute Gasteiger partial charge is 0.306 e. The Morgan fingerprint density at radius 1 is 0.906 bits per heavy atom. The summed E-state index contributed by atoms with van der Waals surface area (Å²) in [5.74, 6) is -5.54. The summed E-state index contributed by atoms with van der Waals surface area (Å²) in [7, 11) is 0. The van der Waals surface area contributed by atoms with Gasteiger partial charge < -0.3 is 60.3 Å². The highest BCUT2D eigenvalue weighted by atomic mass is 35.5. The molecule has 0 bridgehead atoms. The van der Waals surface area contributed by atoms with Crippen LogP contribution >= 0.6 is 11.6 Å². The molecule has 3 fully saturated rings. The monoisotopic (exact) mass is 926 g/mol. The molecule has 0 saturated heterocycles. The number of nitrogens with one attached hydrogen (secondary N) is 3. The van der Waals surface area contributed by atoms with Crippen LogP contribution in [0.5, 0.6) is 0 Å². The standard InChI is InChI=1S/C44H67ClN4O15/c1-5-39(57)64-44(28(2)22-32-31-7-6-29-23-30(50)10-12-41(29,3)43(31,45)34(51)24-42(32,44)4)35(52)26-63-27-48-37(54)25-47-40(58)33(8-9-38(55)56)49-36(53)11-14-59-16-18-61-20-21-62-19-17-60-15-13-46/h10,12,23,28,31-34,51H,5-9,11,13-22,24-27,46H2,1-4H3,(H,47,58)(H,48,54)(H,49,53)(H,55,56)/t28-,31-,32?,33-,34-,41-,42-,43-,44-/m0/s1. The predicted octanol–water partition coefficient (Wildman–Crippen LogP) is 1.10. The van der Waals surface area contributed by atoms with E-state index in [9.17, 15) is 43.8 Å². The van der Waals surface area contributed by atoms with Crippen LogP contribution in [-0.2, 0) is 62.0 Å². The molecule has 0 aromatic rings. The quantitative estimate of drug-likeness (QED) is 0.0278. The molecule has 4 rings (SSSR count). The van der Waals surface area contributed by atoms with Gasteiger partial charge >= 0.3 is 11.9 Å². The fourth-order valence-corrected chi connectivity index (χ4v) is 10.7. The first-order valence-electron chi connectivity index (χ1n) is 22.1. The Hall–Kier alpha value is -3.82. The second-order valence-electron chi connectivity index (χ2n) is 17.2. The lowest BCUT2D eigenvalue weighted by Crippen LogP contribution is -2.69. The number of carbonyl (C=O) groups is 7. The number of esters is 1. The highest BCUT2D eigenvalue weighted by Gasteiger charge is 2.76. The van der Waals surface area contributed by atoms with Crippen molar-refractivity contribution in [3.63, 3.8) is 0 Å². The van der Waals surface area contributed by atoms with E-state index in [2.05, 4.69) is 16.0 Å². The number of aliphatic hydroxyl groups is 1. The lowest BCUT2D eigenvalue weighted by atomic mass is 9.45. The maximum Gasteiger partial charge on any atom is 0.306 e. The molecule has 0 aromatic heterocycles. The Balaban J connectivity index is 1.26. The number of hydrogen-bond donors (Lipinski definition) is 6. The third kappa shape index (κ3) is 12.1. The number of ether oxygens (including phenoxy) is 6. The van der Waals surface area contributed by atoms with Gasteiger partial charge in [0.05, 0.1) is 70.4 Å². The van der Waals surface area contributed by atoms with Gasteiger partial charge in [-0.3, -0.25) is 33.6 Å². The van der Waals surface area contributed by atoms with Crippen LogP contribution in [0.25, 0.3) is 0 Å². The maximum absolute atomic E-state index is 14.4. The first kappa shape index (κ1) is 52.8. The summed E-state index contributed by atoms with van der Waals surface area (Å²) in [4.78, 5) is 88.2. The van der Waals surface area contributed by atoms with Crippen molar-refractivity contribution in [2.45, 2.75) is 102 Å². The zero-order chi connectivity index (χ0) is 47.1. The van der Waals surface area contributed by atoms with Crippen LogP contribution in [0.15, 0.2) is 23.8 Å². The fraction of sp³-hybridized carbons (Fsp3) is 0.750. The zero-order valence-corrected chi connectivity index (χ0v) is 38.2. The minimum absolute atomic E-state index is 0.00170. The lowest BCUT2D eigenvalue weighted by molar-refractivity contribution is -0.203. The van der Waals surface area contributed by atoms with E-state index in [-0.39, 0.29) is 63.1 Å². The van der Waals surface area contributed by atoms with Crippen LogP contribution in [0.2, 0.25) is 0 Å². The van der Waals surface area contributed by atoms with Crippen LogP contribution in [0.3, 0.4) is 0 Å². The molecule has 3 saturated carbocycles. The Morgan fingerprint density at radius 2 is 1.55 bits per heavy atom. The van der Waals surface area contributed by atoms with Crippen molar-refractivity contribution in [2.75, 3.05) is 79.3 Å². The van der Waals surface area contributed by atoms with Crippen LogP contribution < -0.4 is 21.7 Å². The summed E-state index contributed by atoms with van der Waals surface area (Å²) in [6, 6.07) is -1.25. The molecule has 4 aliphatic rings. The number of carboxylic acids is 1. The van der Waals surface area contributed by atoms with Gasteiger partial charge in [0.2, 0.25) is 23.5 Å². The summed E-state index contributed by atoms with van der Waals surface area (Å²) >= 11 is 7.58. The molecule has 64 heavy (non-hydrogen) atoms. The molecule has 360 valence electrons. The summed E-state index contributed by atoms with van der Waals surface area (Å²) in [5, 5.41) is 28.6. The summed E-state index contributed by atoms with van der Waals surface area (Å²) in [6.45, 7) is 8.67. The number of allylic oxidation sites excluding steroid dienone is 4. The molecule has 9 atom stereocenters. The number of alkyl halides is 1. The molecule has 0 heterocycles. The van der Waals surface area contributed by atoms with E-state index in [1.54, 1.807) is 19.1 Å². The number of Topliss-reactive ketones (excluding diaryl/α,β-unsaturated/α-hetero) is 1. The van der Waals surface area contributed by atoms with E-state index < -0.39 is 101 Å². The molecule has 0 spiro atoms. The topological polar surface area (TPSA) is 277 Å². The van der Waals surface area contributed by atoms with Crippen molar-refractivity contribution < 1.29 is 72.2 Å². The average molecular weight is 927 g/mol. The molecule has 0 aliphatic heterocycles. The highest BCUT2D eigenvalue weighted by Crippen LogP contribution is 2.72. The number of halogens is 1. The van der Waals surface area contributed by atoms with Crippen molar-refractivity contribution in [1.29, 1.82) is 0 Å². The fourth-order valence-electron chi connectivity index (χ4n) is 10.2. The van der Waals surface area contributed by atoms with Gasteiger partial charge in [-0.05, 0) is 56.1 Å². The molecular formula is C44H67ClN4O15. The van der Waals surface area contributed by atoms with Crippen LogP contribution in [0.1, 0.15) is 79.1 Å². The molecule has 3 amide bonds. The van der Waals surface area contributed by atoms with E-state index >= 15 is 0 Å². The maximum atomic E-state index is 14.4. The summed E-state index contributed by atoms with van der Waals surface area (Å²) < 4.78 is 33.2. The van der Waals surface area contributed by atoms with Crippen LogP contribution in [-0.4, -0.2) is 153 Å². The Labute approximate surface area is 379 Å². The van der Waals surface area contributed by atoms with Crippen molar-refractivity contribution in [3.05, 3.63) is 23.8 Å².